The number of carbonyl (C=O) groups excluding carboxylic acids is 1. The van der Waals surface area contributed by atoms with Gasteiger partial charge in [0.1, 0.15) is 5.82 Å². The Bertz CT molecular complexity index is 933. The fourth-order valence-corrected chi connectivity index (χ4v) is 3.46. The maximum Gasteiger partial charge on any atom is 0.277 e. The predicted octanol–water partition coefficient (Wildman–Crippen LogP) is 5.00. The van der Waals surface area contributed by atoms with Crippen LogP contribution in [0.15, 0.2) is 62.6 Å². The van der Waals surface area contributed by atoms with Crippen molar-refractivity contribution < 1.29 is 13.6 Å². The third-order valence-electron chi connectivity index (χ3n) is 3.85. The van der Waals surface area contributed by atoms with Crippen LogP contribution < -0.4 is 5.32 Å². The van der Waals surface area contributed by atoms with Crippen molar-refractivity contribution in [3.8, 4) is 11.5 Å². The third-order valence-corrected chi connectivity index (χ3v) is 5.28. The second kappa shape index (κ2) is 8.67. The fourth-order valence-electron chi connectivity index (χ4n) is 2.37. The van der Waals surface area contributed by atoms with E-state index in [4.69, 9.17) is 4.42 Å². The Morgan fingerprint density at radius 3 is 2.63 bits per heavy atom. The van der Waals surface area contributed by atoms with Gasteiger partial charge < -0.3 is 9.73 Å². The first kappa shape index (κ1) is 19.6. The topological polar surface area (TPSA) is 68.0 Å². The molecular weight excluding hydrogens is 433 g/mol. The van der Waals surface area contributed by atoms with Gasteiger partial charge in [-0.15, -0.1) is 10.2 Å². The van der Waals surface area contributed by atoms with E-state index in [9.17, 15) is 9.18 Å². The predicted molar refractivity (Wildman–Crippen MR) is 106 cm³/mol. The molecule has 0 fully saturated rings. The van der Waals surface area contributed by atoms with Crippen LogP contribution >= 0.6 is 27.7 Å². The molecule has 0 saturated heterocycles. The van der Waals surface area contributed by atoms with Crippen molar-refractivity contribution >= 4 is 33.6 Å². The summed E-state index contributed by atoms with van der Waals surface area (Å²) in [4.78, 5) is 12.4. The number of nitrogens with zero attached hydrogens (tertiary/aromatic N) is 2. The van der Waals surface area contributed by atoms with Crippen LogP contribution in [0, 0.1) is 5.82 Å². The molecule has 1 aromatic heterocycles. The first-order valence-electron chi connectivity index (χ1n) is 8.24. The van der Waals surface area contributed by atoms with Crippen molar-refractivity contribution in [2.75, 3.05) is 0 Å². The molecule has 0 aliphatic carbocycles. The average molecular weight is 450 g/mol. The van der Waals surface area contributed by atoms with Gasteiger partial charge in [-0.25, -0.2) is 4.39 Å². The Kier molecular flexibility index (Phi) is 6.28. The first-order chi connectivity index (χ1) is 12.9. The SMILES string of the molecule is C[C@@H](Sc1nnc(-c2cccc(Br)c2)o1)C(=O)N[C@H](C)c1ccc(F)cc1. The lowest BCUT2D eigenvalue weighted by molar-refractivity contribution is -0.120. The Hall–Kier alpha value is -2.19. The largest absolute Gasteiger partial charge is 0.411 e. The molecule has 0 saturated carbocycles. The summed E-state index contributed by atoms with van der Waals surface area (Å²) >= 11 is 4.59. The van der Waals surface area contributed by atoms with Gasteiger partial charge in [0.05, 0.1) is 11.3 Å². The smallest absolute Gasteiger partial charge is 0.277 e. The lowest BCUT2D eigenvalue weighted by atomic mass is 10.1. The summed E-state index contributed by atoms with van der Waals surface area (Å²) < 4.78 is 19.6. The fraction of sp³-hybridized carbons (Fsp3) is 0.211. The Morgan fingerprint density at radius 2 is 1.93 bits per heavy atom. The Balaban J connectivity index is 1.60. The van der Waals surface area contributed by atoms with Gasteiger partial charge in [0, 0.05) is 10.0 Å². The lowest BCUT2D eigenvalue weighted by Gasteiger charge is -2.16. The highest BCUT2D eigenvalue weighted by molar-refractivity contribution is 9.10. The van der Waals surface area contributed by atoms with Crippen LogP contribution in [0.1, 0.15) is 25.5 Å². The molecule has 0 spiro atoms. The number of amides is 1. The standard InChI is InChI=1S/C19H17BrFN3O2S/c1-11(13-6-8-16(21)9-7-13)22-17(25)12(2)27-19-24-23-18(26-19)14-4-3-5-15(20)10-14/h3-12H,1-2H3,(H,22,25)/t11-,12-/m1/s1. The molecule has 5 nitrogen and oxygen atoms in total. The van der Waals surface area contributed by atoms with Crippen molar-refractivity contribution in [3.05, 3.63) is 64.4 Å². The summed E-state index contributed by atoms with van der Waals surface area (Å²) in [7, 11) is 0. The summed E-state index contributed by atoms with van der Waals surface area (Å²) in [6.45, 7) is 3.61. The maximum absolute atomic E-state index is 13.0. The van der Waals surface area contributed by atoms with Crippen molar-refractivity contribution in [1.82, 2.24) is 15.5 Å². The zero-order valence-electron chi connectivity index (χ0n) is 14.6. The summed E-state index contributed by atoms with van der Waals surface area (Å²) in [5.74, 6) is -0.0797. The molecular formula is C19H17BrFN3O2S. The second-order valence-corrected chi connectivity index (χ2v) is 8.13. The highest BCUT2D eigenvalue weighted by atomic mass is 79.9. The molecule has 1 N–H and O–H groups in total. The summed E-state index contributed by atoms with van der Waals surface area (Å²) in [6, 6.07) is 13.3. The van der Waals surface area contributed by atoms with E-state index in [0.717, 1.165) is 15.6 Å². The van der Waals surface area contributed by atoms with Crippen molar-refractivity contribution in [3.63, 3.8) is 0 Å². The van der Waals surface area contributed by atoms with Crippen molar-refractivity contribution in [2.24, 2.45) is 0 Å². The number of hydrogen-bond donors (Lipinski definition) is 1. The Labute approximate surface area is 168 Å². The summed E-state index contributed by atoms with van der Waals surface area (Å²) in [5, 5.41) is 10.8. The van der Waals surface area contributed by atoms with E-state index in [2.05, 4.69) is 31.4 Å². The van der Waals surface area contributed by atoms with Gasteiger partial charge in [0.25, 0.3) is 5.22 Å². The van der Waals surface area contributed by atoms with E-state index in [1.54, 1.807) is 19.1 Å². The first-order valence-corrected chi connectivity index (χ1v) is 9.91. The number of aromatic nitrogens is 2. The van der Waals surface area contributed by atoms with Crippen LogP contribution in [0.25, 0.3) is 11.5 Å². The van der Waals surface area contributed by atoms with Crippen LogP contribution in [0.4, 0.5) is 4.39 Å². The molecule has 8 heteroatoms. The minimum absolute atomic E-state index is 0.168. The molecule has 0 unspecified atom stereocenters. The van der Waals surface area contributed by atoms with Crippen LogP contribution in [-0.4, -0.2) is 21.4 Å². The van der Waals surface area contributed by atoms with Gasteiger partial charge in [-0.1, -0.05) is 45.9 Å². The molecule has 3 aromatic rings. The van der Waals surface area contributed by atoms with Crippen LogP contribution in [0.5, 0.6) is 0 Å². The highest BCUT2D eigenvalue weighted by Gasteiger charge is 2.20. The van der Waals surface area contributed by atoms with Gasteiger partial charge in [-0.2, -0.15) is 0 Å². The number of nitrogens with one attached hydrogen (secondary N) is 1. The molecule has 2 aromatic carbocycles. The van der Waals surface area contributed by atoms with Gasteiger partial charge in [0.2, 0.25) is 11.8 Å². The molecule has 0 aliphatic heterocycles. The van der Waals surface area contributed by atoms with E-state index in [1.165, 1.54) is 23.9 Å². The van der Waals surface area contributed by atoms with Crippen molar-refractivity contribution in [2.45, 2.75) is 30.4 Å². The zero-order chi connectivity index (χ0) is 19.4. The minimum Gasteiger partial charge on any atom is -0.411 e. The zero-order valence-corrected chi connectivity index (χ0v) is 17.1. The quantitative estimate of drug-likeness (QED) is 0.536. The van der Waals surface area contributed by atoms with Gasteiger partial charge in [-0.3, -0.25) is 4.79 Å². The Morgan fingerprint density at radius 1 is 1.19 bits per heavy atom. The normalized spacial score (nSPS) is 13.2. The highest BCUT2D eigenvalue weighted by Crippen LogP contribution is 2.27. The molecule has 2 atom stereocenters. The number of benzene rings is 2. The van der Waals surface area contributed by atoms with E-state index in [-0.39, 0.29) is 17.8 Å². The minimum atomic E-state index is -0.427. The lowest BCUT2D eigenvalue weighted by Crippen LogP contribution is -2.33. The van der Waals surface area contributed by atoms with Crippen molar-refractivity contribution in [1.29, 1.82) is 0 Å². The van der Waals surface area contributed by atoms with Gasteiger partial charge in [0.15, 0.2) is 0 Å². The van der Waals surface area contributed by atoms with E-state index >= 15 is 0 Å². The van der Waals surface area contributed by atoms with Gasteiger partial charge >= 0.3 is 0 Å². The summed E-state index contributed by atoms with van der Waals surface area (Å²) in [6.07, 6.45) is 0. The van der Waals surface area contributed by atoms with Crippen LogP contribution in [0.2, 0.25) is 0 Å². The second-order valence-electron chi connectivity index (χ2n) is 5.93. The molecule has 1 amide bonds. The van der Waals surface area contributed by atoms with Crippen LogP contribution in [-0.2, 0) is 4.79 Å². The molecule has 0 bridgehead atoms. The number of thioether (sulfide) groups is 1. The van der Waals surface area contributed by atoms with E-state index in [0.29, 0.717) is 11.1 Å². The van der Waals surface area contributed by atoms with E-state index in [1.807, 2.05) is 31.2 Å². The number of carbonyl (C=O) groups is 1. The number of halogens is 2. The maximum atomic E-state index is 13.0. The number of hydrogen-bond acceptors (Lipinski definition) is 5. The van der Waals surface area contributed by atoms with E-state index < -0.39 is 5.25 Å². The third kappa shape index (κ3) is 5.17. The molecule has 0 radical (unpaired) electrons. The number of rotatable bonds is 6. The molecule has 3 rings (SSSR count). The summed E-state index contributed by atoms with van der Waals surface area (Å²) in [5.41, 5.74) is 1.63. The monoisotopic (exact) mass is 449 g/mol. The molecule has 1 heterocycles. The molecule has 140 valence electrons. The van der Waals surface area contributed by atoms with Crippen LogP contribution in [0.3, 0.4) is 0 Å². The molecule has 27 heavy (non-hydrogen) atoms. The van der Waals surface area contributed by atoms with Gasteiger partial charge in [-0.05, 0) is 49.7 Å². The molecule has 0 aliphatic rings. The average Bonchev–Trinajstić information content (AvgIpc) is 3.10.